The molecule has 3 rings (SSSR count). The van der Waals surface area contributed by atoms with Crippen LogP contribution in [0.3, 0.4) is 0 Å². The quantitative estimate of drug-likeness (QED) is 0.564. The lowest BCUT2D eigenvalue weighted by Gasteiger charge is -2.12. The van der Waals surface area contributed by atoms with Gasteiger partial charge in [0.25, 0.3) is 0 Å². The maximum Gasteiger partial charge on any atom is 0.338 e. The van der Waals surface area contributed by atoms with Crippen molar-refractivity contribution in [3.05, 3.63) is 63.1 Å². The molecule has 0 heterocycles. The van der Waals surface area contributed by atoms with E-state index >= 15 is 0 Å². The maximum absolute atomic E-state index is 13.0. The van der Waals surface area contributed by atoms with E-state index in [0.717, 1.165) is 0 Å². The number of rotatable bonds is 5. The zero-order chi connectivity index (χ0) is 17.3. The number of hydrogen-bond acceptors (Lipinski definition) is 4. The molecule has 0 unspecified atom stereocenters. The molecular weight excluding hydrogens is 372 g/mol. The first-order valence-corrected chi connectivity index (χ1v) is 8.45. The van der Waals surface area contributed by atoms with E-state index in [0.29, 0.717) is 27.3 Å². The summed E-state index contributed by atoms with van der Waals surface area (Å²) in [5.41, 5.74) is 2.15. The van der Waals surface area contributed by atoms with Gasteiger partial charge in [0.2, 0.25) is 0 Å². The smallest absolute Gasteiger partial charge is 0.338 e. The monoisotopic (exact) mass is 388 g/mol. The molecule has 0 saturated heterocycles. The molecule has 0 amide bonds. The zero-order valence-electron chi connectivity index (χ0n) is 13.5. The van der Waals surface area contributed by atoms with E-state index in [-0.39, 0.29) is 11.3 Å². The average Bonchev–Trinajstić information content (AvgIpc) is 3.45. The first kappa shape index (κ1) is 16.7. The molecule has 0 radical (unpaired) electrons. The number of benzene rings is 2. The zero-order valence-corrected chi connectivity index (χ0v) is 15.1. The number of ether oxygens (including phenoxy) is 2. The maximum atomic E-state index is 13.0. The van der Waals surface area contributed by atoms with Crippen molar-refractivity contribution in [1.29, 1.82) is 0 Å². The highest BCUT2D eigenvalue weighted by molar-refractivity contribution is 9.10. The molecule has 0 atom stereocenters. The lowest BCUT2D eigenvalue weighted by molar-refractivity contribution is 0.0597. The molecule has 1 fully saturated rings. The van der Waals surface area contributed by atoms with Gasteiger partial charge in [-0.2, -0.15) is 0 Å². The summed E-state index contributed by atoms with van der Waals surface area (Å²) < 4.78 is 10.9. The van der Waals surface area contributed by atoms with Crippen LogP contribution >= 0.6 is 15.9 Å². The number of hydrogen-bond donors (Lipinski definition) is 0. The van der Waals surface area contributed by atoms with Gasteiger partial charge in [0, 0.05) is 10.0 Å². The van der Waals surface area contributed by atoms with E-state index < -0.39 is 5.97 Å². The Labute approximate surface area is 148 Å². The lowest BCUT2D eigenvalue weighted by Crippen LogP contribution is -2.12. The second kappa shape index (κ2) is 6.77. The van der Waals surface area contributed by atoms with E-state index in [1.165, 1.54) is 25.5 Å². The van der Waals surface area contributed by atoms with Crippen molar-refractivity contribution < 1.29 is 19.1 Å². The summed E-state index contributed by atoms with van der Waals surface area (Å²) in [6.45, 7) is 0. The van der Waals surface area contributed by atoms with Gasteiger partial charge in [-0.1, -0.05) is 22.0 Å². The third-order valence-corrected chi connectivity index (χ3v) is 4.64. The van der Waals surface area contributed by atoms with Crippen LogP contribution in [0.2, 0.25) is 0 Å². The molecule has 2 aromatic carbocycles. The Kier molecular flexibility index (Phi) is 4.71. The first-order valence-electron chi connectivity index (χ1n) is 7.65. The Bertz CT molecular complexity index is 809. The molecule has 2 aromatic rings. The van der Waals surface area contributed by atoms with Gasteiger partial charge in [-0.3, -0.25) is 4.79 Å². The third kappa shape index (κ3) is 3.22. The highest BCUT2D eigenvalue weighted by atomic mass is 79.9. The summed E-state index contributed by atoms with van der Waals surface area (Å²) in [4.78, 5) is 25.0. The van der Waals surface area contributed by atoms with E-state index in [4.69, 9.17) is 9.47 Å². The van der Waals surface area contributed by atoms with Gasteiger partial charge >= 0.3 is 5.97 Å². The van der Waals surface area contributed by atoms with Crippen LogP contribution in [0.1, 0.15) is 50.6 Å². The number of carbonyl (C=O) groups excluding carboxylic acids is 2. The molecule has 1 saturated carbocycles. The average molecular weight is 389 g/mol. The van der Waals surface area contributed by atoms with Crippen LogP contribution in [0.4, 0.5) is 0 Å². The standard InChI is InChI=1S/C19H17BrO4/c1-23-17-9-12(11-3-4-11)5-7-15(17)18(21)14-8-6-13(20)10-16(14)19(22)24-2/h5-11H,3-4H2,1-2H3. The van der Waals surface area contributed by atoms with Gasteiger partial charge in [-0.05, 0) is 54.7 Å². The predicted octanol–water partition coefficient (Wildman–Crippen LogP) is 4.35. The molecule has 24 heavy (non-hydrogen) atoms. The second-order valence-corrected chi connectivity index (χ2v) is 6.66. The summed E-state index contributed by atoms with van der Waals surface area (Å²) in [5.74, 6) is 0.291. The van der Waals surface area contributed by atoms with Crippen LogP contribution in [0.25, 0.3) is 0 Å². The number of esters is 1. The molecule has 0 aliphatic heterocycles. The number of carbonyl (C=O) groups is 2. The third-order valence-electron chi connectivity index (χ3n) is 4.15. The predicted molar refractivity (Wildman–Crippen MR) is 93.9 cm³/mol. The van der Waals surface area contributed by atoms with E-state index in [2.05, 4.69) is 15.9 Å². The van der Waals surface area contributed by atoms with Crippen LogP contribution < -0.4 is 4.74 Å². The fraction of sp³-hybridized carbons (Fsp3) is 0.263. The van der Waals surface area contributed by atoms with Crippen molar-refractivity contribution in [3.8, 4) is 5.75 Å². The normalized spacial score (nSPS) is 13.5. The number of methoxy groups -OCH3 is 2. The van der Waals surface area contributed by atoms with Gasteiger partial charge in [0.1, 0.15) is 5.75 Å². The SMILES string of the molecule is COC(=O)c1cc(Br)ccc1C(=O)c1ccc(C2CC2)cc1OC. The number of ketones is 1. The molecular formula is C19H17BrO4. The molecule has 0 N–H and O–H groups in total. The van der Waals surface area contributed by atoms with Crippen LogP contribution in [0.15, 0.2) is 40.9 Å². The minimum Gasteiger partial charge on any atom is -0.496 e. The van der Waals surface area contributed by atoms with Gasteiger partial charge in [0.15, 0.2) is 5.78 Å². The Balaban J connectivity index is 2.04. The molecule has 0 spiro atoms. The fourth-order valence-corrected chi connectivity index (χ4v) is 3.07. The summed E-state index contributed by atoms with van der Waals surface area (Å²) in [6, 6.07) is 10.6. The van der Waals surface area contributed by atoms with E-state index in [1.807, 2.05) is 12.1 Å². The van der Waals surface area contributed by atoms with Crippen LogP contribution in [0, 0.1) is 0 Å². The molecule has 1 aliphatic carbocycles. The Morgan fingerprint density at radius 2 is 1.71 bits per heavy atom. The van der Waals surface area contributed by atoms with Crippen LogP contribution in [-0.4, -0.2) is 26.0 Å². The van der Waals surface area contributed by atoms with E-state index in [9.17, 15) is 9.59 Å². The highest BCUT2D eigenvalue weighted by Gasteiger charge is 2.26. The molecule has 5 heteroatoms. The summed E-state index contributed by atoms with van der Waals surface area (Å²) in [7, 11) is 2.84. The first-order chi connectivity index (χ1) is 11.5. The molecule has 4 nitrogen and oxygen atoms in total. The van der Waals surface area contributed by atoms with Gasteiger partial charge in [-0.15, -0.1) is 0 Å². The Morgan fingerprint density at radius 3 is 2.33 bits per heavy atom. The number of halogens is 1. The highest BCUT2D eigenvalue weighted by Crippen LogP contribution is 2.42. The van der Waals surface area contributed by atoms with Crippen molar-refractivity contribution in [1.82, 2.24) is 0 Å². The summed E-state index contributed by atoms with van der Waals surface area (Å²) >= 11 is 3.32. The summed E-state index contributed by atoms with van der Waals surface area (Å²) in [5, 5.41) is 0. The van der Waals surface area contributed by atoms with Gasteiger partial charge in [-0.25, -0.2) is 4.79 Å². The Morgan fingerprint density at radius 1 is 1.00 bits per heavy atom. The van der Waals surface area contributed by atoms with Gasteiger partial charge < -0.3 is 9.47 Å². The van der Waals surface area contributed by atoms with Crippen molar-refractivity contribution in [3.63, 3.8) is 0 Å². The van der Waals surface area contributed by atoms with Crippen LogP contribution in [0.5, 0.6) is 5.75 Å². The van der Waals surface area contributed by atoms with Crippen LogP contribution in [-0.2, 0) is 4.74 Å². The Hall–Kier alpha value is -2.14. The van der Waals surface area contributed by atoms with Crippen molar-refractivity contribution in [2.75, 3.05) is 14.2 Å². The topological polar surface area (TPSA) is 52.6 Å². The molecule has 1 aliphatic rings. The molecule has 0 aromatic heterocycles. The van der Waals surface area contributed by atoms with E-state index in [1.54, 1.807) is 31.4 Å². The van der Waals surface area contributed by atoms with Crippen molar-refractivity contribution >= 4 is 27.7 Å². The van der Waals surface area contributed by atoms with Crippen molar-refractivity contribution in [2.24, 2.45) is 0 Å². The van der Waals surface area contributed by atoms with Gasteiger partial charge in [0.05, 0.1) is 25.3 Å². The fourth-order valence-electron chi connectivity index (χ4n) is 2.70. The minimum absolute atomic E-state index is 0.227. The lowest BCUT2D eigenvalue weighted by atomic mass is 9.96. The van der Waals surface area contributed by atoms with Crippen molar-refractivity contribution in [2.45, 2.75) is 18.8 Å². The summed E-state index contributed by atoms with van der Waals surface area (Å²) in [6.07, 6.45) is 2.35. The molecule has 124 valence electrons. The minimum atomic E-state index is -0.548. The largest absolute Gasteiger partial charge is 0.496 e. The second-order valence-electron chi connectivity index (χ2n) is 5.74. The molecule has 0 bridgehead atoms.